The molecule has 12 heavy (non-hydrogen) atoms. The first-order chi connectivity index (χ1) is 5.88. The van der Waals surface area contributed by atoms with Crippen LogP contribution in [0.1, 0.15) is 24.6 Å². The van der Waals surface area contributed by atoms with Crippen molar-refractivity contribution in [3.8, 4) is 0 Å². The summed E-state index contributed by atoms with van der Waals surface area (Å²) in [6.45, 7) is 0.723. The third-order valence-electron chi connectivity index (χ3n) is 2.02. The highest BCUT2D eigenvalue weighted by Gasteiger charge is 2.21. The van der Waals surface area contributed by atoms with Gasteiger partial charge in [0.15, 0.2) is 0 Å². The van der Waals surface area contributed by atoms with Crippen LogP contribution >= 0.6 is 0 Å². The Balaban J connectivity index is 2.26. The van der Waals surface area contributed by atoms with Crippen molar-refractivity contribution < 1.29 is 9.13 Å². The minimum Gasteiger partial charge on any atom is -0.372 e. The number of halogens is 1. The van der Waals surface area contributed by atoms with Gasteiger partial charge in [0.25, 0.3) is 0 Å². The fraction of sp³-hybridized carbons (Fsp3) is 0.444. The molecule has 0 amide bonds. The lowest BCUT2D eigenvalue weighted by Crippen LogP contribution is -2.01. The van der Waals surface area contributed by atoms with Gasteiger partial charge >= 0.3 is 0 Å². The van der Waals surface area contributed by atoms with Gasteiger partial charge < -0.3 is 4.74 Å². The smallest absolute Gasteiger partial charge is 0.147 e. The van der Waals surface area contributed by atoms with E-state index in [4.69, 9.17) is 4.74 Å². The minimum absolute atomic E-state index is 0.119. The van der Waals surface area contributed by atoms with E-state index in [1.807, 2.05) is 0 Å². The summed E-state index contributed by atoms with van der Waals surface area (Å²) < 4.78 is 18.4. The Morgan fingerprint density at radius 1 is 1.58 bits per heavy atom. The summed E-state index contributed by atoms with van der Waals surface area (Å²) >= 11 is 0. The molecule has 0 aliphatic carbocycles. The zero-order chi connectivity index (χ0) is 8.39. The van der Waals surface area contributed by atoms with Crippen LogP contribution < -0.4 is 0 Å². The van der Waals surface area contributed by atoms with Crippen molar-refractivity contribution >= 4 is 0 Å². The predicted molar refractivity (Wildman–Crippen MR) is 42.1 cm³/mol. The van der Waals surface area contributed by atoms with Gasteiger partial charge in [0.2, 0.25) is 0 Å². The Morgan fingerprint density at radius 3 is 3.17 bits per heavy atom. The number of rotatable bonds is 1. The van der Waals surface area contributed by atoms with Gasteiger partial charge in [-0.1, -0.05) is 0 Å². The molecule has 0 saturated carbocycles. The molecule has 3 heteroatoms. The molecule has 64 valence electrons. The fourth-order valence-electron chi connectivity index (χ4n) is 1.43. The van der Waals surface area contributed by atoms with Crippen LogP contribution in [0.15, 0.2) is 18.3 Å². The normalized spacial score (nSPS) is 22.9. The van der Waals surface area contributed by atoms with E-state index in [-0.39, 0.29) is 11.9 Å². The molecule has 1 saturated heterocycles. The number of nitrogens with zero attached hydrogens (tertiary/aromatic N) is 1. The van der Waals surface area contributed by atoms with E-state index in [9.17, 15) is 4.39 Å². The average Bonchev–Trinajstić information content (AvgIpc) is 2.57. The topological polar surface area (TPSA) is 22.1 Å². The maximum absolute atomic E-state index is 13.1. The van der Waals surface area contributed by atoms with Crippen LogP contribution in [0.3, 0.4) is 0 Å². The fourth-order valence-corrected chi connectivity index (χ4v) is 1.43. The zero-order valence-electron chi connectivity index (χ0n) is 6.66. The summed E-state index contributed by atoms with van der Waals surface area (Å²) in [4.78, 5) is 3.96. The van der Waals surface area contributed by atoms with Crippen molar-refractivity contribution in [2.75, 3.05) is 6.61 Å². The van der Waals surface area contributed by atoms with Crippen molar-refractivity contribution in [2.45, 2.75) is 18.9 Å². The predicted octanol–water partition coefficient (Wildman–Crippen LogP) is 2.07. The number of hydrogen-bond donors (Lipinski definition) is 0. The summed E-state index contributed by atoms with van der Waals surface area (Å²) in [7, 11) is 0. The van der Waals surface area contributed by atoms with E-state index in [1.165, 1.54) is 6.07 Å². The summed E-state index contributed by atoms with van der Waals surface area (Å²) in [6.07, 6.45) is 3.36. The Bertz CT molecular complexity index is 271. The third kappa shape index (κ3) is 1.32. The molecule has 2 nitrogen and oxygen atoms in total. The number of aromatic nitrogens is 1. The molecule has 1 aliphatic heterocycles. The second kappa shape index (κ2) is 3.19. The summed E-state index contributed by atoms with van der Waals surface area (Å²) in [5.74, 6) is -0.260. The van der Waals surface area contributed by atoms with Gasteiger partial charge in [-0.2, -0.15) is 0 Å². The highest BCUT2D eigenvalue weighted by Crippen LogP contribution is 2.28. The highest BCUT2D eigenvalue weighted by atomic mass is 19.1. The van der Waals surface area contributed by atoms with Crippen LogP contribution in [0.2, 0.25) is 0 Å². The molecule has 0 radical (unpaired) electrons. The zero-order valence-corrected chi connectivity index (χ0v) is 6.66. The standard InChI is InChI=1S/C9H10FNO/c10-7-3-1-5-11-9(7)8-4-2-6-12-8/h1,3,5,8H,2,4,6H2. The Kier molecular flexibility index (Phi) is 2.04. The van der Waals surface area contributed by atoms with Crippen LogP contribution in [0.4, 0.5) is 4.39 Å². The Morgan fingerprint density at radius 2 is 2.50 bits per heavy atom. The lowest BCUT2D eigenvalue weighted by Gasteiger charge is -2.08. The Labute approximate surface area is 70.4 Å². The molecule has 1 aromatic rings. The minimum atomic E-state index is -0.260. The van der Waals surface area contributed by atoms with Crippen LogP contribution in [0.5, 0.6) is 0 Å². The monoisotopic (exact) mass is 167 g/mol. The first-order valence-electron chi connectivity index (χ1n) is 4.10. The average molecular weight is 167 g/mol. The van der Waals surface area contributed by atoms with E-state index >= 15 is 0 Å². The molecule has 1 atom stereocenters. The quantitative estimate of drug-likeness (QED) is 0.638. The second-order valence-corrected chi connectivity index (χ2v) is 2.87. The van der Waals surface area contributed by atoms with Gasteiger partial charge in [-0.15, -0.1) is 0 Å². The van der Waals surface area contributed by atoms with Gasteiger partial charge in [-0.25, -0.2) is 4.39 Å². The van der Waals surface area contributed by atoms with Gasteiger partial charge in [-0.3, -0.25) is 4.98 Å². The van der Waals surface area contributed by atoms with E-state index in [0.29, 0.717) is 5.69 Å². The molecule has 1 aliphatic rings. The van der Waals surface area contributed by atoms with Crippen molar-refractivity contribution in [3.63, 3.8) is 0 Å². The summed E-state index contributed by atoms with van der Waals surface area (Å²) in [6, 6.07) is 3.01. The molecule has 0 spiro atoms. The van der Waals surface area contributed by atoms with E-state index in [1.54, 1.807) is 12.3 Å². The SMILES string of the molecule is Fc1cccnc1C1CCCO1. The number of hydrogen-bond acceptors (Lipinski definition) is 2. The summed E-state index contributed by atoms with van der Waals surface area (Å²) in [5.41, 5.74) is 0.454. The molecular formula is C9H10FNO. The second-order valence-electron chi connectivity index (χ2n) is 2.87. The van der Waals surface area contributed by atoms with Crippen LogP contribution in [-0.4, -0.2) is 11.6 Å². The molecule has 2 rings (SSSR count). The third-order valence-corrected chi connectivity index (χ3v) is 2.02. The first-order valence-corrected chi connectivity index (χ1v) is 4.10. The molecule has 0 N–H and O–H groups in total. The van der Waals surface area contributed by atoms with Crippen LogP contribution in [-0.2, 0) is 4.74 Å². The van der Waals surface area contributed by atoms with Crippen LogP contribution in [0.25, 0.3) is 0 Å². The van der Waals surface area contributed by atoms with Crippen molar-refractivity contribution in [1.29, 1.82) is 0 Å². The van der Waals surface area contributed by atoms with E-state index < -0.39 is 0 Å². The highest BCUT2D eigenvalue weighted by molar-refractivity contribution is 5.10. The molecule has 1 fully saturated rings. The maximum atomic E-state index is 13.1. The van der Waals surface area contributed by atoms with Crippen molar-refractivity contribution in [1.82, 2.24) is 4.98 Å². The number of pyridine rings is 1. The summed E-state index contributed by atoms with van der Waals surface area (Å²) in [5, 5.41) is 0. The molecule has 1 aromatic heterocycles. The Hall–Kier alpha value is -0.960. The van der Waals surface area contributed by atoms with Gasteiger partial charge in [0, 0.05) is 12.8 Å². The van der Waals surface area contributed by atoms with Crippen molar-refractivity contribution in [3.05, 3.63) is 29.8 Å². The van der Waals surface area contributed by atoms with Gasteiger partial charge in [0.05, 0.1) is 0 Å². The molecule has 2 heterocycles. The van der Waals surface area contributed by atoms with Crippen molar-refractivity contribution in [2.24, 2.45) is 0 Å². The molecule has 1 unspecified atom stereocenters. The first kappa shape index (κ1) is 7.68. The maximum Gasteiger partial charge on any atom is 0.147 e. The molecular weight excluding hydrogens is 157 g/mol. The molecule has 0 aromatic carbocycles. The lowest BCUT2D eigenvalue weighted by atomic mass is 10.1. The van der Waals surface area contributed by atoms with Gasteiger partial charge in [0.1, 0.15) is 17.6 Å². The largest absolute Gasteiger partial charge is 0.372 e. The lowest BCUT2D eigenvalue weighted by molar-refractivity contribution is 0.105. The van der Waals surface area contributed by atoms with E-state index in [0.717, 1.165) is 19.4 Å². The van der Waals surface area contributed by atoms with Crippen LogP contribution in [0, 0.1) is 5.82 Å². The number of ether oxygens (including phenoxy) is 1. The molecule has 0 bridgehead atoms. The van der Waals surface area contributed by atoms with Gasteiger partial charge in [-0.05, 0) is 25.0 Å². The van der Waals surface area contributed by atoms with E-state index in [2.05, 4.69) is 4.98 Å².